The first-order valence-electron chi connectivity index (χ1n) is 14.6. The van der Waals surface area contributed by atoms with Gasteiger partial charge >= 0.3 is 5.97 Å². The third-order valence-electron chi connectivity index (χ3n) is 6.43. The lowest BCUT2D eigenvalue weighted by Crippen LogP contribution is -2.20. The molecule has 0 spiro atoms. The largest absolute Gasteiger partial charge is 0.508 e. The number of aromatic hydroxyl groups is 1. The molecule has 0 heterocycles. The van der Waals surface area contributed by atoms with Crippen molar-refractivity contribution in [1.29, 1.82) is 0 Å². The van der Waals surface area contributed by atoms with Gasteiger partial charge in [0.15, 0.2) is 0 Å². The zero-order chi connectivity index (χ0) is 28.1. The number of unbranched alkanes of at least 4 members (excludes halogenated alkanes) is 12. The fraction of sp³-hybridized carbons (Fsp3) is 0.774. The molecule has 0 aliphatic carbocycles. The minimum absolute atomic E-state index is 0.345. The SMILES string of the molecule is CCCCCCCCCCCCCCCC(=O)O.CN(C)Cc1ccc(O)c(CN(C)C)c1CN(C)C. The van der Waals surface area contributed by atoms with Crippen LogP contribution in [0.4, 0.5) is 0 Å². The maximum Gasteiger partial charge on any atom is 0.303 e. The van der Waals surface area contributed by atoms with Crippen LogP contribution in [-0.4, -0.2) is 73.2 Å². The van der Waals surface area contributed by atoms with E-state index in [1.165, 1.54) is 81.8 Å². The molecular formula is C31H59N3O3. The zero-order valence-corrected chi connectivity index (χ0v) is 25.3. The van der Waals surface area contributed by atoms with E-state index >= 15 is 0 Å². The molecule has 0 aromatic heterocycles. The summed E-state index contributed by atoms with van der Waals surface area (Å²) in [5, 5.41) is 18.6. The summed E-state index contributed by atoms with van der Waals surface area (Å²) in [6, 6.07) is 3.85. The summed E-state index contributed by atoms with van der Waals surface area (Å²) in [6.07, 6.45) is 17.3. The van der Waals surface area contributed by atoms with Gasteiger partial charge in [-0.25, -0.2) is 0 Å². The second-order valence-corrected chi connectivity index (χ2v) is 11.3. The molecule has 6 heteroatoms. The molecule has 6 nitrogen and oxygen atoms in total. The highest BCUT2D eigenvalue weighted by Crippen LogP contribution is 2.27. The van der Waals surface area contributed by atoms with E-state index in [2.05, 4.69) is 49.8 Å². The Morgan fingerprint density at radius 2 is 1.03 bits per heavy atom. The van der Waals surface area contributed by atoms with Crippen molar-refractivity contribution < 1.29 is 15.0 Å². The van der Waals surface area contributed by atoms with E-state index in [0.717, 1.165) is 38.0 Å². The standard InChI is InChI=1S/C16H32O2.C15H27N3O/c1-2-3-4-5-6-7-8-9-10-11-12-13-14-15-16(17)18;1-16(2)9-12-7-8-15(19)14(11-18(5)6)13(12)10-17(3)4/h2-15H2,1H3,(H,17,18);7-8,19H,9-11H2,1-6H3. The van der Waals surface area contributed by atoms with Gasteiger partial charge in [0, 0.05) is 31.6 Å². The van der Waals surface area contributed by atoms with Crippen LogP contribution in [0, 0.1) is 0 Å². The first-order chi connectivity index (χ1) is 17.6. The van der Waals surface area contributed by atoms with E-state index in [4.69, 9.17) is 5.11 Å². The van der Waals surface area contributed by atoms with Crippen molar-refractivity contribution in [3.05, 3.63) is 28.8 Å². The molecule has 0 aliphatic rings. The highest BCUT2D eigenvalue weighted by molar-refractivity contribution is 5.66. The lowest BCUT2D eigenvalue weighted by atomic mass is 9.98. The number of phenols is 1. The predicted octanol–water partition coefficient (Wildman–Crippen LogP) is 7.13. The molecule has 0 unspecified atom stereocenters. The lowest BCUT2D eigenvalue weighted by Gasteiger charge is -2.23. The number of carbonyl (C=O) groups is 1. The van der Waals surface area contributed by atoms with E-state index in [1.807, 2.05) is 26.2 Å². The summed E-state index contributed by atoms with van der Waals surface area (Å²) in [6.45, 7) is 4.76. The molecule has 0 atom stereocenters. The van der Waals surface area contributed by atoms with Crippen LogP contribution in [0.3, 0.4) is 0 Å². The van der Waals surface area contributed by atoms with Crippen molar-refractivity contribution in [3.8, 4) is 5.75 Å². The molecule has 216 valence electrons. The molecule has 0 bridgehead atoms. The number of nitrogens with zero attached hydrogens (tertiary/aromatic N) is 3. The van der Waals surface area contributed by atoms with Gasteiger partial charge in [0.2, 0.25) is 0 Å². The molecule has 0 aliphatic heterocycles. The van der Waals surface area contributed by atoms with Gasteiger partial charge in [-0.2, -0.15) is 0 Å². The van der Waals surface area contributed by atoms with Gasteiger partial charge in [-0.15, -0.1) is 0 Å². The van der Waals surface area contributed by atoms with Crippen molar-refractivity contribution >= 4 is 5.97 Å². The molecule has 2 N–H and O–H groups in total. The highest BCUT2D eigenvalue weighted by atomic mass is 16.4. The maximum atomic E-state index is 10.3. The van der Waals surface area contributed by atoms with Gasteiger partial charge in [-0.05, 0) is 65.9 Å². The van der Waals surface area contributed by atoms with Crippen molar-refractivity contribution in [3.63, 3.8) is 0 Å². The van der Waals surface area contributed by atoms with Gasteiger partial charge in [-0.3, -0.25) is 4.79 Å². The number of hydrogen-bond acceptors (Lipinski definition) is 5. The second-order valence-electron chi connectivity index (χ2n) is 11.3. The van der Waals surface area contributed by atoms with Crippen LogP contribution in [0.15, 0.2) is 12.1 Å². The van der Waals surface area contributed by atoms with E-state index in [1.54, 1.807) is 0 Å². The molecule has 1 aromatic carbocycles. The van der Waals surface area contributed by atoms with Crippen LogP contribution < -0.4 is 0 Å². The first-order valence-corrected chi connectivity index (χ1v) is 14.6. The Morgan fingerprint density at radius 1 is 0.622 bits per heavy atom. The summed E-state index contributed by atoms with van der Waals surface area (Å²) in [5.74, 6) is -0.258. The van der Waals surface area contributed by atoms with Crippen LogP contribution in [0.25, 0.3) is 0 Å². The van der Waals surface area contributed by atoms with Gasteiger partial charge in [0.1, 0.15) is 5.75 Å². The Labute approximate surface area is 229 Å². The number of hydrogen-bond donors (Lipinski definition) is 2. The van der Waals surface area contributed by atoms with Gasteiger partial charge in [0.05, 0.1) is 0 Å². The number of phenolic OH excluding ortho intramolecular Hbond substituents is 1. The fourth-order valence-corrected chi connectivity index (χ4v) is 4.52. The van der Waals surface area contributed by atoms with Gasteiger partial charge in [0.25, 0.3) is 0 Å². The third-order valence-corrected chi connectivity index (χ3v) is 6.43. The normalized spacial score (nSPS) is 11.3. The van der Waals surface area contributed by atoms with E-state index < -0.39 is 5.97 Å². The van der Waals surface area contributed by atoms with Crippen molar-refractivity contribution in [2.75, 3.05) is 42.3 Å². The van der Waals surface area contributed by atoms with Crippen molar-refractivity contribution in [2.45, 2.75) is 116 Å². The van der Waals surface area contributed by atoms with E-state index in [-0.39, 0.29) is 0 Å². The molecule has 1 rings (SSSR count). The third kappa shape index (κ3) is 20.1. The number of carboxylic acid groups (broad SMARTS) is 1. The minimum Gasteiger partial charge on any atom is -0.508 e. The Kier molecular flexibility index (Phi) is 21.4. The smallest absolute Gasteiger partial charge is 0.303 e. The lowest BCUT2D eigenvalue weighted by molar-refractivity contribution is -0.137. The summed E-state index contributed by atoms with van der Waals surface area (Å²) in [5.41, 5.74) is 3.57. The average molecular weight is 522 g/mol. The zero-order valence-electron chi connectivity index (χ0n) is 25.3. The second kappa shape index (κ2) is 22.4. The maximum absolute atomic E-state index is 10.3. The summed E-state index contributed by atoms with van der Waals surface area (Å²) >= 11 is 0. The van der Waals surface area contributed by atoms with Crippen LogP contribution >= 0.6 is 0 Å². The molecule has 0 saturated carbocycles. The van der Waals surface area contributed by atoms with Gasteiger partial charge < -0.3 is 24.9 Å². The Hall–Kier alpha value is -1.63. The van der Waals surface area contributed by atoms with Crippen molar-refractivity contribution in [2.24, 2.45) is 0 Å². The topological polar surface area (TPSA) is 67.2 Å². The fourth-order valence-electron chi connectivity index (χ4n) is 4.52. The predicted molar refractivity (Wildman–Crippen MR) is 158 cm³/mol. The van der Waals surface area contributed by atoms with Crippen LogP contribution in [0.5, 0.6) is 5.75 Å². The molecule has 0 amide bonds. The quantitative estimate of drug-likeness (QED) is 0.178. The molecule has 0 saturated heterocycles. The van der Waals surface area contributed by atoms with E-state index in [0.29, 0.717) is 12.2 Å². The van der Waals surface area contributed by atoms with E-state index in [9.17, 15) is 9.90 Å². The Morgan fingerprint density at radius 3 is 1.43 bits per heavy atom. The monoisotopic (exact) mass is 521 g/mol. The number of aliphatic carboxylic acids is 1. The average Bonchev–Trinajstić information content (AvgIpc) is 2.80. The summed E-state index contributed by atoms with van der Waals surface area (Å²) < 4.78 is 0. The Balaban J connectivity index is 0.000000702. The van der Waals surface area contributed by atoms with Gasteiger partial charge in [-0.1, -0.05) is 90.0 Å². The van der Waals surface area contributed by atoms with Crippen LogP contribution in [0.2, 0.25) is 0 Å². The first kappa shape index (κ1) is 35.4. The molecule has 37 heavy (non-hydrogen) atoms. The number of rotatable bonds is 20. The molecule has 0 radical (unpaired) electrons. The molecular weight excluding hydrogens is 462 g/mol. The van der Waals surface area contributed by atoms with Crippen LogP contribution in [-0.2, 0) is 24.4 Å². The minimum atomic E-state index is -0.655. The van der Waals surface area contributed by atoms with Crippen LogP contribution in [0.1, 0.15) is 114 Å². The number of benzene rings is 1. The Bertz CT molecular complexity index is 705. The summed E-state index contributed by atoms with van der Waals surface area (Å²) in [7, 11) is 12.3. The van der Waals surface area contributed by atoms with Crippen molar-refractivity contribution in [1.82, 2.24) is 14.7 Å². The highest BCUT2D eigenvalue weighted by Gasteiger charge is 2.15. The molecule has 0 fully saturated rings. The molecule has 1 aromatic rings. The summed E-state index contributed by atoms with van der Waals surface area (Å²) in [4.78, 5) is 16.7. The number of carboxylic acids is 1.